The molecule has 3 unspecified atom stereocenters. The van der Waals surface area contributed by atoms with Gasteiger partial charge in [0.15, 0.2) is 0 Å². The molecule has 108 valence electrons. The zero-order valence-electron chi connectivity index (χ0n) is 11.8. The normalized spacial score (nSPS) is 27.1. The van der Waals surface area contributed by atoms with Crippen LogP contribution in [-0.2, 0) is 14.6 Å². The molecule has 1 N–H and O–H groups in total. The van der Waals surface area contributed by atoms with Crippen LogP contribution in [0.1, 0.15) is 39.0 Å². The van der Waals surface area contributed by atoms with Crippen LogP contribution in [0.15, 0.2) is 0 Å². The second-order valence-electron chi connectivity index (χ2n) is 5.35. The Kier molecular flexibility index (Phi) is 6.60. The van der Waals surface area contributed by atoms with Crippen molar-refractivity contribution in [3.8, 4) is 0 Å². The fraction of sp³-hybridized carbons (Fsp3) is 1.00. The predicted molar refractivity (Wildman–Crippen MR) is 74.5 cm³/mol. The number of sulfone groups is 1. The summed E-state index contributed by atoms with van der Waals surface area (Å²) in [4.78, 5) is 0. The number of rotatable bonds is 7. The van der Waals surface area contributed by atoms with Crippen LogP contribution in [0.2, 0.25) is 0 Å². The third-order valence-electron chi connectivity index (χ3n) is 3.86. The van der Waals surface area contributed by atoms with Gasteiger partial charge in [-0.05, 0) is 38.6 Å². The van der Waals surface area contributed by atoms with Crippen molar-refractivity contribution >= 4 is 9.84 Å². The maximum absolute atomic E-state index is 11.7. The molecule has 1 rings (SSSR count). The highest BCUT2D eigenvalue weighted by molar-refractivity contribution is 7.91. The van der Waals surface area contributed by atoms with E-state index in [1.54, 1.807) is 0 Å². The molecule has 1 aliphatic rings. The number of nitrogens with one attached hydrogen (secondary N) is 1. The maximum Gasteiger partial charge on any atom is 0.150 e. The van der Waals surface area contributed by atoms with Gasteiger partial charge in [-0.3, -0.25) is 0 Å². The summed E-state index contributed by atoms with van der Waals surface area (Å²) in [6.45, 7) is 3.56. The first kappa shape index (κ1) is 15.9. The van der Waals surface area contributed by atoms with Gasteiger partial charge in [-0.2, -0.15) is 0 Å². The monoisotopic (exact) mass is 277 g/mol. The topological polar surface area (TPSA) is 55.4 Å². The zero-order valence-corrected chi connectivity index (χ0v) is 12.6. The van der Waals surface area contributed by atoms with Gasteiger partial charge in [-0.15, -0.1) is 0 Å². The Morgan fingerprint density at radius 3 is 2.67 bits per heavy atom. The highest BCUT2D eigenvalue weighted by atomic mass is 32.2. The van der Waals surface area contributed by atoms with E-state index in [1.165, 1.54) is 6.26 Å². The van der Waals surface area contributed by atoms with Crippen LogP contribution in [0.4, 0.5) is 0 Å². The van der Waals surface area contributed by atoms with Gasteiger partial charge in [-0.25, -0.2) is 8.42 Å². The molecule has 1 aliphatic carbocycles. The van der Waals surface area contributed by atoms with E-state index in [0.717, 1.165) is 38.7 Å². The Morgan fingerprint density at radius 1 is 1.39 bits per heavy atom. The lowest BCUT2D eigenvalue weighted by atomic mass is 9.84. The number of hydrogen-bond acceptors (Lipinski definition) is 4. The van der Waals surface area contributed by atoms with Crippen LogP contribution in [0.3, 0.4) is 0 Å². The Hall–Kier alpha value is -0.130. The molecule has 0 radical (unpaired) electrons. The van der Waals surface area contributed by atoms with Crippen molar-refractivity contribution in [2.75, 3.05) is 26.5 Å². The van der Waals surface area contributed by atoms with Gasteiger partial charge in [0.2, 0.25) is 0 Å². The molecule has 4 nitrogen and oxygen atoms in total. The van der Waals surface area contributed by atoms with Crippen molar-refractivity contribution < 1.29 is 13.2 Å². The Morgan fingerprint density at radius 2 is 2.11 bits per heavy atom. The minimum absolute atomic E-state index is 0.154. The second-order valence-corrected chi connectivity index (χ2v) is 7.67. The molecule has 1 fully saturated rings. The van der Waals surface area contributed by atoms with Gasteiger partial charge in [0, 0.05) is 18.9 Å². The molecule has 3 atom stereocenters. The van der Waals surface area contributed by atoms with Gasteiger partial charge < -0.3 is 10.1 Å². The van der Waals surface area contributed by atoms with E-state index in [4.69, 9.17) is 4.74 Å². The molecule has 18 heavy (non-hydrogen) atoms. The fourth-order valence-electron chi connectivity index (χ4n) is 2.75. The molecule has 0 aromatic carbocycles. The van der Waals surface area contributed by atoms with Crippen molar-refractivity contribution in [1.82, 2.24) is 5.32 Å². The minimum Gasteiger partial charge on any atom is -0.380 e. The molecular weight excluding hydrogens is 250 g/mol. The first-order valence-corrected chi connectivity index (χ1v) is 8.88. The maximum atomic E-state index is 11.7. The molecule has 0 saturated heterocycles. The summed E-state index contributed by atoms with van der Waals surface area (Å²) in [7, 11) is -0.960. The van der Waals surface area contributed by atoms with E-state index < -0.39 is 9.84 Å². The fourth-order valence-corrected chi connectivity index (χ4v) is 3.94. The van der Waals surface area contributed by atoms with Crippen LogP contribution in [-0.4, -0.2) is 46.2 Å². The molecule has 0 heterocycles. The Labute approximate surface area is 111 Å². The summed E-state index contributed by atoms with van der Waals surface area (Å²) in [6, 6.07) is 0.279. The summed E-state index contributed by atoms with van der Waals surface area (Å²) in [6.07, 6.45) is 6.10. The van der Waals surface area contributed by atoms with E-state index in [-0.39, 0.29) is 11.3 Å². The highest BCUT2D eigenvalue weighted by Crippen LogP contribution is 2.30. The van der Waals surface area contributed by atoms with E-state index in [9.17, 15) is 8.42 Å². The van der Waals surface area contributed by atoms with E-state index in [1.807, 2.05) is 7.05 Å². The lowest BCUT2D eigenvalue weighted by molar-refractivity contribution is 0.0879. The lowest BCUT2D eigenvalue weighted by Crippen LogP contribution is -2.42. The SMILES string of the molecule is CCCOCC(NC)C1CCCC(S(C)(=O)=O)C1. The molecule has 5 heteroatoms. The van der Waals surface area contributed by atoms with Gasteiger partial charge in [0.25, 0.3) is 0 Å². The first-order valence-electron chi connectivity index (χ1n) is 6.92. The zero-order chi connectivity index (χ0) is 13.6. The van der Waals surface area contributed by atoms with Crippen LogP contribution in [0, 0.1) is 5.92 Å². The smallest absolute Gasteiger partial charge is 0.150 e. The molecule has 1 saturated carbocycles. The quantitative estimate of drug-likeness (QED) is 0.718. The van der Waals surface area contributed by atoms with Crippen LogP contribution < -0.4 is 5.32 Å². The van der Waals surface area contributed by atoms with Crippen molar-refractivity contribution in [3.63, 3.8) is 0 Å². The van der Waals surface area contributed by atoms with Gasteiger partial charge in [-0.1, -0.05) is 13.3 Å². The highest BCUT2D eigenvalue weighted by Gasteiger charge is 2.32. The van der Waals surface area contributed by atoms with Gasteiger partial charge in [0.05, 0.1) is 11.9 Å². The third kappa shape index (κ3) is 4.86. The Balaban J connectivity index is 2.52. The van der Waals surface area contributed by atoms with E-state index >= 15 is 0 Å². The van der Waals surface area contributed by atoms with Crippen molar-refractivity contribution in [1.29, 1.82) is 0 Å². The first-order chi connectivity index (χ1) is 8.49. The largest absolute Gasteiger partial charge is 0.380 e. The molecule has 0 bridgehead atoms. The van der Waals surface area contributed by atoms with Gasteiger partial charge in [0.1, 0.15) is 9.84 Å². The minimum atomic E-state index is -2.89. The van der Waals surface area contributed by atoms with E-state index in [0.29, 0.717) is 12.5 Å². The van der Waals surface area contributed by atoms with Crippen molar-refractivity contribution in [2.45, 2.75) is 50.3 Å². The summed E-state index contributed by atoms with van der Waals surface area (Å²) >= 11 is 0. The average molecular weight is 277 g/mol. The van der Waals surface area contributed by atoms with Crippen molar-refractivity contribution in [2.24, 2.45) is 5.92 Å². The standard InChI is InChI=1S/C13H27NO3S/c1-4-8-17-10-13(14-2)11-6-5-7-12(9-11)18(3,15)16/h11-14H,4-10H2,1-3H3. The molecule has 0 aliphatic heterocycles. The average Bonchev–Trinajstić information content (AvgIpc) is 2.34. The summed E-state index contributed by atoms with van der Waals surface area (Å²) in [5, 5.41) is 3.13. The second kappa shape index (κ2) is 7.46. The lowest BCUT2D eigenvalue weighted by Gasteiger charge is -2.33. The van der Waals surface area contributed by atoms with Crippen LogP contribution >= 0.6 is 0 Å². The summed E-state index contributed by atoms with van der Waals surface area (Å²) in [5.41, 5.74) is 0. The molecule has 0 aromatic rings. The molecule has 0 aromatic heterocycles. The Bertz CT molecular complexity index is 329. The third-order valence-corrected chi connectivity index (χ3v) is 5.50. The number of likely N-dealkylation sites (N-methyl/N-ethyl adjacent to an activating group) is 1. The summed E-state index contributed by atoms with van der Waals surface area (Å²) in [5.74, 6) is 0.417. The predicted octanol–water partition coefficient (Wildman–Crippen LogP) is 1.60. The van der Waals surface area contributed by atoms with Gasteiger partial charge >= 0.3 is 0 Å². The van der Waals surface area contributed by atoms with Crippen LogP contribution in [0.25, 0.3) is 0 Å². The van der Waals surface area contributed by atoms with Crippen molar-refractivity contribution in [3.05, 3.63) is 0 Å². The van der Waals surface area contributed by atoms with Crippen LogP contribution in [0.5, 0.6) is 0 Å². The molecule has 0 spiro atoms. The number of hydrogen-bond donors (Lipinski definition) is 1. The molecule has 0 amide bonds. The van der Waals surface area contributed by atoms with E-state index in [2.05, 4.69) is 12.2 Å². The summed E-state index contributed by atoms with van der Waals surface area (Å²) < 4.78 is 28.9. The molecular formula is C13H27NO3S. The number of ether oxygens (including phenoxy) is 1.